The van der Waals surface area contributed by atoms with Crippen LogP contribution in [0.15, 0.2) is 36.4 Å². The number of nitrogens with zero attached hydrogens (tertiary/aromatic N) is 1. The lowest BCUT2D eigenvalue weighted by atomic mass is 10.2. The first kappa shape index (κ1) is 18.8. The van der Waals surface area contributed by atoms with E-state index in [0.29, 0.717) is 46.9 Å². The number of anilines is 2. The van der Waals surface area contributed by atoms with E-state index in [-0.39, 0.29) is 18.4 Å². The number of methoxy groups -OCH3 is 1. The molecule has 0 unspecified atom stereocenters. The Labute approximate surface area is 161 Å². The maximum atomic E-state index is 12.4. The molecule has 0 fully saturated rings. The summed E-state index contributed by atoms with van der Waals surface area (Å²) < 4.78 is 16.1. The number of rotatable bonds is 5. The molecular formula is C19H19ClN2O5. The van der Waals surface area contributed by atoms with Gasteiger partial charge in [-0.3, -0.25) is 9.59 Å². The highest BCUT2D eigenvalue weighted by Gasteiger charge is 2.18. The second-order valence-corrected chi connectivity index (χ2v) is 6.24. The van der Waals surface area contributed by atoms with Crippen LogP contribution >= 0.6 is 11.6 Å². The van der Waals surface area contributed by atoms with Crippen LogP contribution in [0.4, 0.5) is 11.4 Å². The van der Waals surface area contributed by atoms with Gasteiger partial charge in [-0.05, 0) is 30.3 Å². The maximum absolute atomic E-state index is 12.4. The summed E-state index contributed by atoms with van der Waals surface area (Å²) in [6, 6.07) is 10.0. The summed E-state index contributed by atoms with van der Waals surface area (Å²) in [6.07, 6.45) is 0. The molecule has 0 spiro atoms. The van der Waals surface area contributed by atoms with E-state index < -0.39 is 0 Å². The van der Waals surface area contributed by atoms with E-state index in [1.54, 1.807) is 36.4 Å². The highest BCUT2D eigenvalue weighted by atomic mass is 35.5. The second kappa shape index (κ2) is 8.18. The van der Waals surface area contributed by atoms with Crippen LogP contribution in [0.3, 0.4) is 0 Å². The molecule has 7 nitrogen and oxygen atoms in total. The van der Waals surface area contributed by atoms with Gasteiger partial charge in [0.05, 0.1) is 12.1 Å². The molecule has 1 aliphatic rings. The van der Waals surface area contributed by atoms with Gasteiger partial charge in [-0.25, -0.2) is 0 Å². The van der Waals surface area contributed by atoms with Crippen molar-refractivity contribution in [2.45, 2.75) is 6.92 Å². The van der Waals surface area contributed by atoms with E-state index in [9.17, 15) is 9.59 Å². The Bertz CT molecular complexity index is 871. The van der Waals surface area contributed by atoms with Gasteiger partial charge >= 0.3 is 0 Å². The summed E-state index contributed by atoms with van der Waals surface area (Å²) in [5.41, 5.74) is 1.06. The smallest absolute Gasteiger partial charge is 0.244 e. The van der Waals surface area contributed by atoms with Gasteiger partial charge in [0.15, 0.2) is 11.5 Å². The molecular weight excluding hydrogens is 372 g/mol. The summed E-state index contributed by atoms with van der Waals surface area (Å²) in [7, 11) is 1.50. The number of nitrogens with one attached hydrogen (secondary N) is 1. The SMILES string of the molecule is COc1ccc(N(CC(=O)Nc2ccc3c(c2)OCCO3)C(C)=O)cc1Cl. The lowest BCUT2D eigenvalue weighted by molar-refractivity contribution is -0.120. The number of carbonyl (C=O) groups excluding carboxylic acids is 2. The van der Waals surface area contributed by atoms with Crippen LogP contribution in [0.2, 0.25) is 5.02 Å². The predicted molar refractivity (Wildman–Crippen MR) is 102 cm³/mol. The Morgan fingerprint density at radius 3 is 2.56 bits per heavy atom. The molecule has 142 valence electrons. The van der Waals surface area contributed by atoms with Crippen LogP contribution in [-0.2, 0) is 9.59 Å². The molecule has 0 aromatic heterocycles. The molecule has 0 bridgehead atoms. The van der Waals surface area contributed by atoms with Crippen molar-refractivity contribution in [3.8, 4) is 17.2 Å². The van der Waals surface area contributed by atoms with Gasteiger partial charge < -0.3 is 24.4 Å². The fraction of sp³-hybridized carbons (Fsp3) is 0.263. The Morgan fingerprint density at radius 1 is 1.15 bits per heavy atom. The van der Waals surface area contributed by atoms with Gasteiger partial charge in [-0.15, -0.1) is 0 Å². The monoisotopic (exact) mass is 390 g/mol. The van der Waals surface area contributed by atoms with Crippen molar-refractivity contribution in [2.75, 3.05) is 37.1 Å². The Kier molecular flexibility index (Phi) is 5.71. The van der Waals surface area contributed by atoms with Crippen molar-refractivity contribution in [3.05, 3.63) is 41.4 Å². The van der Waals surface area contributed by atoms with Crippen molar-refractivity contribution in [2.24, 2.45) is 0 Å². The van der Waals surface area contributed by atoms with Gasteiger partial charge in [-0.2, -0.15) is 0 Å². The zero-order valence-corrected chi connectivity index (χ0v) is 15.7. The van der Waals surface area contributed by atoms with Gasteiger partial charge in [0, 0.05) is 24.4 Å². The molecule has 2 aromatic rings. The van der Waals surface area contributed by atoms with Crippen LogP contribution in [0, 0.1) is 0 Å². The average molecular weight is 391 g/mol. The third kappa shape index (κ3) is 4.43. The van der Waals surface area contributed by atoms with Crippen molar-refractivity contribution in [3.63, 3.8) is 0 Å². The zero-order valence-electron chi connectivity index (χ0n) is 15.0. The van der Waals surface area contributed by atoms with E-state index in [1.165, 1.54) is 18.9 Å². The number of carbonyl (C=O) groups is 2. The zero-order chi connectivity index (χ0) is 19.4. The second-order valence-electron chi connectivity index (χ2n) is 5.83. The number of amides is 2. The molecule has 0 radical (unpaired) electrons. The molecule has 1 heterocycles. The molecule has 27 heavy (non-hydrogen) atoms. The largest absolute Gasteiger partial charge is 0.495 e. The fourth-order valence-corrected chi connectivity index (χ4v) is 2.92. The van der Waals surface area contributed by atoms with Crippen molar-refractivity contribution in [1.82, 2.24) is 0 Å². The van der Waals surface area contributed by atoms with Gasteiger partial charge in [-0.1, -0.05) is 11.6 Å². The molecule has 0 atom stereocenters. The molecule has 0 saturated carbocycles. The maximum Gasteiger partial charge on any atom is 0.244 e. The lowest BCUT2D eigenvalue weighted by Gasteiger charge is -2.22. The first-order valence-corrected chi connectivity index (χ1v) is 8.67. The van der Waals surface area contributed by atoms with Crippen molar-refractivity contribution in [1.29, 1.82) is 0 Å². The summed E-state index contributed by atoms with van der Waals surface area (Å²) in [5, 5.41) is 3.11. The van der Waals surface area contributed by atoms with Crippen molar-refractivity contribution >= 4 is 34.8 Å². The number of benzene rings is 2. The third-order valence-corrected chi connectivity index (χ3v) is 4.25. The number of hydrogen-bond donors (Lipinski definition) is 1. The molecule has 1 aliphatic heterocycles. The highest BCUT2D eigenvalue weighted by Crippen LogP contribution is 2.33. The number of halogens is 1. The van der Waals surface area contributed by atoms with E-state index >= 15 is 0 Å². The Hall–Kier alpha value is -2.93. The molecule has 3 rings (SSSR count). The van der Waals surface area contributed by atoms with Crippen LogP contribution in [0.5, 0.6) is 17.2 Å². The van der Waals surface area contributed by atoms with E-state index in [1.807, 2.05) is 0 Å². The molecule has 0 aliphatic carbocycles. The topological polar surface area (TPSA) is 77.1 Å². The van der Waals surface area contributed by atoms with Gasteiger partial charge in [0.1, 0.15) is 25.5 Å². The highest BCUT2D eigenvalue weighted by molar-refractivity contribution is 6.32. The summed E-state index contributed by atoms with van der Waals surface area (Å²) >= 11 is 6.12. The standard InChI is InChI=1S/C19H19ClN2O5/c1-12(23)22(14-4-6-16(25-2)15(20)10-14)11-19(24)21-13-3-5-17-18(9-13)27-8-7-26-17/h3-6,9-10H,7-8,11H2,1-2H3,(H,21,24). The van der Waals surface area contributed by atoms with Gasteiger partial charge in [0.25, 0.3) is 0 Å². The molecule has 0 saturated heterocycles. The van der Waals surface area contributed by atoms with Gasteiger partial charge in [0.2, 0.25) is 11.8 Å². The van der Waals surface area contributed by atoms with Crippen molar-refractivity contribution < 1.29 is 23.8 Å². The summed E-state index contributed by atoms with van der Waals surface area (Å²) in [6.45, 7) is 2.18. The summed E-state index contributed by atoms with van der Waals surface area (Å²) in [5.74, 6) is 1.06. The fourth-order valence-electron chi connectivity index (χ4n) is 2.67. The van der Waals surface area contributed by atoms with Crippen LogP contribution in [-0.4, -0.2) is 38.7 Å². The first-order chi connectivity index (χ1) is 13.0. The molecule has 2 amide bonds. The number of hydrogen-bond acceptors (Lipinski definition) is 5. The predicted octanol–water partition coefficient (Wildman–Crippen LogP) is 3.11. The third-order valence-electron chi connectivity index (χ3n) is 3.95. The van der Waals surface area contributed by atoms with E-state index in [0.717, 1.165) is 0 Å². The lowest BCUT2D eigenvalue weighted by Crippen LogP contribution is -2.36. The molecule has 2 aromatic carbocycles. The van der Waals surface area contributed by atoms with Crippen LogP contribution < -0.4 is 24.4 Å². The quantitative estimate of drug-likeness (QED) is 0.848. The average Bonchev–Trinajstić information content (AvgIpc) is 2.65. The minimum Gasteiger partial charge on any atom is -0.495 e. The van der Waals surface area contributed by atoms with Crippen LogP contribution in [0.25, 0.3) is 0 Å². The minimum atomic E-state index is -0.353. The number of ether oxygens (including phenoxy) is 3. The van der Waals surface area contributed by atoms with Crippen LogP contribution in [0.1, 0.15) is 6.92 Å². The normalized spacial score (nSPS) is 12.3. The molecule has 1 N–H and O–H groups in total. The summed E-state index contributed by atoms with van der Waals surface area (Å²) in [4.78, 5) is 25.8. The van der Waals surface area contributed by atoms with E-state index in [4.69, 9.17) is 25.8 Å². The first-order valence-electron chi connectivity index (χ1n) is 8.29. The van der Waals surface area contributed by atoms with E-state index in [2.05, 4.69) is 5.32 Å². The number of fused-ring (bicyclic) bond motifs is 1. The molecule has 8 heteroatoms. The Balaban J connectivity index is 1.72. The minimum absolute atomic E-state index is 0.160. The Morgan fingerprint density at radius 2 is 1.89 bits per heavy atom.